The van der Waals surface area contributed by atoms with Gasteiger partial charge in [0, 0.05) is 11.3 Å². The van der Waals surface area contributed by atoms with Gasteiger partial charge >= 0.3 is 5.97 Å². The van der Waals surface area contributed by atoms with Crippen molar-refractivity contribution in [2.75, 3.05) is 5.73 Å². The maximum absolute atomic E-state index is 13.5. The Morgan fingerprint density at radius 2 is 2.06 bits per heavy atom. The highest BCUT2D eigenvalue weighted by molar-refractivity contribution is 5.67. The van der Waals surface area contributed by atoms with Crippen molar-refractivity contribution in [1.29, 1.82) is 0 Å². The second kappa shape index (κ2) is 5.11. The van der Waals surface area contributed by atoms with Crippen LogP contribution in [0.15, 0.2) is 12.1 Å². The molecule has 1 aromatic carbocycles. The van der Waals surface area contributed by atoms with Crippen molar-refractivity contribution in [1.82, 2.24) is 0 Å². The van der Waals surface area contributed by atoms with E-state index in [1.54, 1.807) is 6.92 Å². The minimum Gasteiger partial charge on any atom is -0.481 e. The summed E-state index contributed by atoms with van der Waals surface area (Å²) in [6, 6.07) is 2.32. The van der Waals surface area contributed by atoms with Gasteiger partial charge in [0.25, 0.3) is 0 Å². The van der Waals surface area contributed by atoms with Crippen LogP contribution in [0.3, 0.4) is 0 Å². The number of aliphatic hydroxyl groups excluding tert-OH is 2. The SMILES string of the molecule is Cc1cc(C(O)C(O)CC(=O)O)c(F)cc1N. The molecule has 5 N–H and O–H groups in total. The number of nitrogen functional groups attached to an aromatic ring is 1. The smallest absolute Gasteiger partial charge is 0.306 e. The van der Waals surface area contributed by atoms with E-state index in [0.29, 0.717) is 5.56 Å². The first kappa shape index (κ1) is 13.4. The van der Waals surface area contributed by atoms with Crippen LogP contribution in [0.2, 0.25) is 0 Å². The molecule has 1 aromatic rings. The Labute approximate surface area is 97.3 Å². The van der Waals surface area contributed by atoms with E-state index in [-0.39, 0.29) is 11.3 Å². The fraction of sp³-hybridized carbons (Fsp3) is 0.364. The molecule has 2 unspecified atom stereocenters. The van der Waals surface area contributed by atoms with E-state index in [1.807, 2.05) is 0 Å². The van der Waals surface area contributed by atoms with Gasteiger partial charge in [-0.15, -0.1) is 0 Å². The molecular formula is C11H14FNO4. The number of carboxylic acid groups (broad SMARTS) is 1. The largest absolute Gasteiger partial charge is 0.481 e. The molecule has 0 aromatic heterocycles. The zero-order chi connectivity index (χ0) is 13.2. The summed E-state index contributed by atoms with van der Waals surface area (Å²) in [6.45, 7) is 1.62. The Hall–Kier alpha value is -1.66. The number of anilines is 1. The number of carbonyl (C=O) groups is 1. The van der Waals surface area contributed by atoms with Gasteiger partial charge < -0.3 is 21.1 Å². The van der Waals surface area contributed by atoms with Crippen molar-refractivity contribution in [3.05, 3.63) is 29.1 Å². The Bertz CT molecular complexity index is 436. The van der Waals surface area contributed by atoms with Crippen LogP contribution in [0.1, 0.15) is 23.7 Å². The first-order chi connectivity index (χ1) is 7.82. The van der Waals surface area contributed by atoms with Crippen molar-refractivity contribution >= 4 is 11.7 Å². The molecule has 6 heteroatoms. The number of hydrogen-bond acceptors (Lipinski definition) is 4. The molecule has 0 saturated heterocycles. The van der Waals surface area contributed by atoms with Crippen LogP contribution in [0, 0.1) is 12.7 Å². The molecule has 2 atom stereocenters. The highest BCUT2D eigenvalue weighted by atomic mass is 19.1. The molecule has 0 amide bonds. The normalized spacial score (nSPS) is 14.4. The third-order valence-electron chi connectivity index (χ3n) is 2.45. The quantitative estimate of drug-likeness (QED) is 0.579. The van der Waals surface area contributed by atoms with Crippen LogP contribution in [-0.2, 0) is 4.79 Å². The fourth-order valence-electron chi connectivity index (χ4n) is 1.44. The molecule has 0 saturated carbocycles. The van der Waals surface area contributed by atoms with E-state index in [4.69, 9.17) is 10.8 Å². The first-order valence-electron chi connectivity index (χ1n) is 4.96. The molecule has 0 bridgehead atoms. The maximum Gasteiger partial charge on any atom is 0.306 e. The third kappa shape index (κ3) is 3.15. The molecule has 94 valence electrons. The van der Waals surface area contributed by atoms with Crippen LogP contribution in [0.25, 0.3) is 0 Å². The van der Waals surface area contributed by atoms with Crippen LogP contribution in [-0.4, -0.2) is 27.4 Å². The van der Waals surface area contributed by atoms with Gasteiger partial charge in [0.1, 0.15) is 11.9 Å². The van der Waals surface area contributed by atoms with E-state index >= 15 is 0 Å². The molecular weight excluding hydrogens is 229 g/mol. The number of hydrogen-bond donors (Lipinski definition) is 4. The molecule has 0 heterocycles. The van der Waals surface area contributed by atoms with Crippen LogP contribution < -0.4 is 5.73 Å². The lowest BCUT2D eigenvalue weighted by molar-refractivity contribution is -0.141. The predicted octanol–water partition coefficient (Wildman–Crippen LogP) is 0.585. The van der Waals surface area contributed by atoms with Crippen LogP contribution in [0.4, 0.5) is 10.1 Å². The minimum atomic E-state index is -1.59. The fourth-order valence-corrected chi connectivity index (χ4v) is 1.44. The second-order valence-electron chi connectivity index (χ2n) is 3.84. The monoisotopic (exact) mass is 243 g/mol. The molecule has 0 radical (unpaired) electrons. The zero-order valence-electron chi connectivity index (χ0n) is 9.22. The number of aryl methyl sites for hydroxylation is 1. The second-order valence-corrected chi connectivity index (χ2v) is 3.84. The van der Waals surface area contributed by atoms with E-state index in [0.717, 1.165) is 6.07 Å². The first-order valence-corrected chi connectivity index (χ1v) is 4.96. The summed E-state index contributed by atoms with van der Waals surface area (Å²) in [7, 11) is 0. The molecule has 0 aliphatic rings. The van der Waals surface area contributed by atoms with Gasteiger partial charge in [0.15, 0.2) is 0 Å². The molecule has 0 aliphatic carbocycles. The van der Waals surface area contributed by atoms with Crippen molar-refractivity contribution in [2.45, 2.75) is 25.6 Å². The zero-order valence-corrected chi connectivity index (χ0v) is 9.22. The van der Waals surface area contributed by atoms with Gasteiger partial charge in [-0.3, -0.25) is 4.79 Å². The van der Waals surface area contributed by atoms with Gasteiger partial charge in [0.2, 0.25) is 0 Å². The summed E-state index contributed by atoms with van der Waals surface area (Å²) in [4.78, 5) is 10.4. The van der Waals surface area contributed by atoms with Gasteiger partial charge in [0.05, 0.1) is 12.5 Å². The topological polar surface area (TPSA) is 104 Å². The molecule has 0 fully saturated rings. The summed E-state index contributed by atoms with van der Waals surface area (Å²) < 4.78 is 13.5. The summed E-state index contributed by atoms with van der Waals surface area (Å²) >= 11 is 0. The third-order valence-corrected chi connectivity index (χ3v) is 2.45. The van der Waals surface area contributed by atoms with Gasteiger partial charge in [-0.1, -0.05) is 0 Å². The lowest BCUT2D eigenvalue weighted by atomic mass is 9.99. The Balaban J connectivity index is 2.99. The number of nitrogens with two attached hydrogens (primary N) is 1. The average Bonchev–Trinajstić information content (AvgIpc) is 2.21. The Morgan fingerprint density at radius 1 is 1.47 bits per heavy atom. The van der Waals surface area contributed by atoms with Crippen molar-refractivity contribution in [3.8, 4) is 0 Å². The highest BCUT2D eigenvalue weighted by Gasteiger charge is 2.24. The molecule has 5 nitrogen and oxygen atoms in total. The van der Waals surface area contributed by atoms with E-state index in [2.05, 4.69) is 0 Å². The number of halogens is 1. The molecule has 0 aliphatic heterocycles. The maximum atomic E-state index is 13.5. The van der Waals surface area contributed by atoms with E-state index in [9.17, 15) is 19.4 Å². The van der Waals surface area contributed by atoms with Crippen molar-refractivity contribution < 1.29 is 24.5 Å². The predicted molar refractivity (Wildman–Crippen MR) is 58.8 cm³/mol. The van der Waals surface area contributed by atoms with Crippen molar-refractivity contribution in [2.24, 2.45) is 0 Å². The van der Waals surface area contributed by atoms with Gasteiger partial charge in [-0.25, -0.2) is 4.39 Å². The van der Waals surface area contributed by atoms with Crippen LogP contribution >= 0.6 is 0 Å². The number of aliphatic carboxylic acids is 1. The summed E-state index contributed by atoms with van der Waals surface area (Å²) in [5.41, 5.74) is 6.08. The van der Waals surface area contributed by atoms with E-state index < -0.39 is 30.4 Å². The highest BCUT2D eigenvalue weighted by Crippen LogP contribution is 2.25. The number of benzene rings is 1. The molecule has 1 rings (SSSR count). The molecule has 0 spiro atoms. The van der Waals surface area contributed by atoms with Crippen molar-refractivity contribution in [3.63, 3.8) is 0 Å². The van der Waals surface area contributed by atoms with Gasteiger partial charge in [-0.05, 0) is 24.6 Å². The summed E-state index contributed by atoms with van der Waals surface area (Å²) in [5.74, 6) is -2.05. The average molecular weight is 243 g/mol. The van der Waals surface area contributed by atoms with Gasteiger partial charge in [-0.2, -0.15) is 0 Å². The van der Waals surface area contributed by atoms with E-state index in [1.165, 1.54) is 6.07 Å². The Kier molecular flexibility index (Phi) is 4.03. The minimum absolute atomic E-state index is 0.162. The number of carboxylic acids is 1. The standard InChI is InChI=1S/C11H14FNO4/c1-5-2-6(7(12)3-8(5)13)11(17)9(14)4-10(15)16/h2-3,9,11,14,17H,4,13H2,1H3,(H,15,16). The summed E-state index contributed by atoms with van der Waals surface area (Å²) in [6.07, 6.45) is -3.82. The lowest BCUT2D eigenvalue weighted by Crippen LogP contribution is -2.22. The number of aliphatic hydroxyl groups is 2. The Morgan fingerprint density at radius 3 is 2.59 bits per heavy atom. The summed E-state index contributed by atoms with van der Waals surface area (Å²) in [5, 5.41) is 27.5. The number of rotatable bonds is 4. The molecule has 17 heavy (non-hydrogen) atoms. The van der Waals surface area contributed by atoms with Crippen LogP contribution in [0.5, 0.6) is 0 Å². The lowest BCUT2D eigenvalue weighted by Gasteiger charge is -2.18.